The molecule has 2 aromatic carbocycles. The molecule has 1 aliphatic carbocycles. The average molecular weight is 403 g/mol. The number of benzene rings is 2. The summed E-state index contributed by atoms with van der Waals surface area (Å²) < 4.78 is 0. The van der Waals surface area contributed by atoms with Gasteiger partial charge in [0.2, 0.25) is 0 Å². The normalized spacial score (nSPS) is 18.0. The van der Waals surface area contributed by atoms with Crippen molar-refractivity contribution < 1.29 is 14.8 Å². The van der Waals surface area contributed by atoms with Crippen LogP contribution >= 0.6 is 0 Å². The second-order valence-corrected chi connectivity index (χ2v) is 7.70. The number of allylic oxidation sites excluding steroid dienone is 1. The predicted molar refractivity (Wildman–Crippen MR) is 115 cm³/mol. The molecule has 0 radical (unpaired) electrons. The zero-order valence-electron chi connectivity index (χ0n) is 16.7. The van der Waals surface area contributed by atoms with Crippen molar-refractivity contribution in [2.75, 3.05) is 18.4 Å². The minimum Gasteiger partial charge on any atom is -0.320 e. The number of nitrogens with one attached hydrogen (secondary N) is 2. The molecule has 1 saturated heterocycles. The summed E-state index contributed by atoms with van der Waals surface area (Å²) in [5.74, 6) is -0.739. The van der Waals surface area contributed by atoms with Gasteiger partial charge in [0.25, 0.3) is 5.91 Å². The van der Waals surface area contributed by atoms with Crippen LogP contribution in [0.1, 0.15) is 24.0 Å². The highest BCUT2D eigenvalue weighted by Crippen LogP contribution is 2.30. The number of hydroxylamine groups is 1. The summed E-state index contributed by atoms with van der Waals surface area (Å²) in [6.45, 7) is 1.12. The number of nitrogens with zero attached hydrogens (tertiary/aromatic N) is 1. The van der Waals surface area contributed by atoms with E-state index in [2.05, 4.69) is 17.4 Å². The molecule has 1 unspecified atom stereocenters. The number of piperidine rings is 1. The first-order chi connectivity index (χ1) is 14.6. The SMILES string of the molecule is O=C(NO)C1C=C2CCN(C(=O)Nc3ccc(Cc4ccccc4)cc3)CC2=CC1. The van der Waals surface area contributed by atoms with Gasteiger partial charge in [-0.25, -0.2) is 10.3 Å². The minimum atomic E-state index is -0.395. The summed E-state index contributed by atoms with van der Waals surface area (Å²) in [5.41, 5.74) is 7.11. The van der Waals surface area contributed by atoms with Crippen LogP contribution in [0.5, 0.6) is 0 Å². The monoisotopic (exact) mass is 403 g/mol. The largest absolute Gasteiger partial charge is 0.322 e. The average Bonchev–Trinajstić information content (AvgIpc) is 2.79. The van der Waals surface area contributed by atoms with Gasteiger partial charge in [-0.1, -0.05) is 54.6 Å². The van der Waals surface area contributed by atoms with Gasteiger partial charge >= 0.3 is 6.03 Å². The van der Waals surface area contributed by atoms with Crippen molar-refractivity contribution in [1.82, 2.24) is 10.4 Å². The van der Waals surface area contributed by atoms with Crippen molar-refractivity contribution in [3.05, 3.63) is 89.0 Å². The van der Waals surface area contributed by atoms with E-state index in [9.17, 15) is 9.59 Å². The Hall–Kier alpha value is -3.38. The van der Waals surface area contributed by atoms with E-state index in [0.29, 0.717) is 25.9 Å². The third kappa shape index (κ3) is 4.60. The van der Waals surface area contributed by atoms with Crippen molar-refractivity contribution in [3.63, 3.8) is 0 Å². The Morgan fingerprint density at radius 1 is 1.00 bits per heavy atom. The molecule has 154 valence electrons. The quantitative estimate of drug-likeness (QED) is 0.535. The van der Waals surface area contributed by atoms with E-state index in [1.54, 1.807) is 10.4 Å². The Labute approximate surface area is 175 Å². The number of likely N-dealkylation sites (tertiary alicyclic amines) is 1. The van der Waals surface area contributed by atoms with Gasteiger partial charge in [-0.3, -0.25) is 10.0 Å². The lowest BCUT2D eigenvalue weighted by molar-refractivity contribution is -0.131. The molecule has 0 spiro atoms. The second kappa shape index (κ2) is 8.97. The van der Waals surface area contributed by atoms with E-state index in [0.717, 1.165) is 23.3 Å². The molecule has 30 heavy (non-hydrogen) atoms. The fourth-order valence-corrected chi connectivity index (χ4v) is 3.95. The Morgan fingerprint density at radius 2 is 1.73 bits per heavy atom. The van der Waals surface area contributed by atoms with E-state index >= 15 is 0 Å². The molecule has 0 bridgehead atoms. The molecule has 0 aromatic heterocycles. The van der Waals surface area contributed by atoms with Crippen molar-refractivity contribution in [2.24, 2.45) is 5.92 Å². The lowest BCUT2D eigenvalue weighted by Crippen LogP contribution is -2.41. The molecule has 0 saturated carbocycles. The Kier molecular flexibility index (Phi) is 5.95. The molecule has 3 amide bonds. The van der Waals surface area contributed by atoms with Gasteiger partial charge in [-0.2, -0.15) is 0 Å². The number of amides is 3. The first-order valence-electron chi connectivity index (χ1n) is 10.2. The summed E-state index contributed by atoms with van der Waals surface area (Å²) in [5, 5.41) is 11.8. The van der Waals surface area contributed by atoms with Gasteiger partial charge in [-0.15, -0.1) is 0 Å². The highest BCUT2D eigenvalue weighted by Gasteiger charge is 2.27. The highest BCUT2D eigenvalue weighted by molar-refractivity contribution is 5.90. The molecule has 1 aliphatic heterocycles. The Bertz CT molecular complexity index is 981. The van der Waals surface area contributed by atoms with Gasteiger partial charge in [0.1, 0.15) is 0 Å². The van der Waals surface area contributed by atoms with Crippen LogP contribution in [-0.4, -0.2) is 35.1 Å². The van der Waals surface area contributed by atoms with Crippen LogP contribution in [0.15, 0.2) is 77.9 Å². The lowest BCUT2D eigenvalue weighted by atomic mass is 9.86. The number of fused-ring (bicyclic) bond motifs is 1. The van der Waals surface area contributed by atoms with Gasteiger partial charge in [0, 0.05) is 18.8 Å². The van der Waals surface area contributed by atoms with Crippen LogP contribution in [0.4, 0.5) is 10.5 Å². The molecule has 2 aliphatic rings. The number of urea groups is 1. The van der Waals surface area contributed by atoms with E-state index in [4.69, 9.17) is 5.21 Å². The van der Waals surface area contributed by atoms with Crippen molar-refractivity contribution in [2.45, 2.75) is 19.3 Å². The smallest absolute Gasteiger partial charge is 0.320 e. The molecule has 1 heterocycles. The molecular weight excluding hydrogens is 378 g/mol. The summed E-state index contributed by atoms with van der Waals surface area (Å²) >= 11 is 0. The van der Waals surface area contributed by atoms with E-state index in [-0.39, 0.29) is 11.9 Å². The number of hydrogen-bond donors (Lipinski definition) is 3. The number of carbonyl (C=O) groups excluding carboxylic acids is 2. The second-order valence-electron chi connectivity index (χ2n) is 7.70. The lowest BCUT2D eigenvalue weighted by Gasteiger charge is -2.33. The van der Waals surface area contributed by atoms with Crippen molar-refractivity contribution in [1.29, 1.82) is 0 Å². The molecule has 4 rings (SSSR count). The van der Waals surface area contributed by atoms with E-state index in [1.165, 1.54) is 11.1 Å². The molecule has 1 atom stereocenters. The highest BCUT2D eigenvalue weighted by atomic mass is 16.5. The molecule has 6 heteroatoms. The summed E-state index contributed by atoms with van der Waals surface area (Å²) in [6.07, 6.45) is 5.99. The van der Waals surface area contributed by atoms with Crippen LogP contribution in [0.3, 0.4) is 0 Å². The maximum Gasteiger partial charge on any atom is 0.322 e. The topological polar surface area (TPSA) is 81.7 Å². The van der Waals surface area contributed by atoms with Crippen LogP contribution in [0.25, 0.3) is 0 Å². The number of anilines is 1. The molecule has 6 nitrogen and oxygen atoms in total. The molecule has 2 aromatic rings. The van der Waals surface area contributed by atoms with Gasteiger partial charge in [0.15, 0.2) is 0 Å². The first kappa shape index (κ1) is 19.9. The van der Waals surface area contributed by atoms with Crippen LogP contribution in [0, 0.1) is 5.92 Å². The summed E-state index contributed by atoms with van der Waals surface area (Å²) in [7, 11) is 0. The first-order valence-corrected chi connectivity index (χ1v) is 10.2. The third-order valence-electron chi connectivity index (χ3n) is 5.64. The maximum absolute atomic E-state index is 12.7. The zero-order valence-corrected chi connectivity index (χ0v) is 16.7. The predicted octanol–water partition coefficient (Wildman–Crippen LogP) is 3.89. The van der Waals surface area contributed by atoms with Crippen LogP contribution in [-0.2, 0) is 11.2 Å². The summed E-state index contributed by atoms with van der Waals surface area (Å²) in [4.78, 5) is 26.1. The molecule has 1 fully saturated rings. The summed E-state index contributed by atoms with van der Waals surface area (Å²) in [6, 6.07) is 18.1. The van der Waals surface area contributed by atoms with E-state index < -0.39 is 5.91 Å². The number of hydrogen-bond acceptors (Lipinski definition) is 3. The standard InChI is InChI=1S/C24H25N3O3/c28-23(26-30)20-8-9-21-16-27(13-12-19(21)15-20)24(29)25-22-10-6-18(7-11-22)14-17-4-2-1-3-5-17/h1-7,9-11,15,20,30H,8,12-14,16H2,(H,25,29)(H,26,28). The number of carbonyl (C=O) groups is 2. The minimum absolute atomic E-state index is 0.124. The maximum atomic E-state index is 12.7. The third-order valence-corrected chi connectivity index (χ3v) is 5.64. The van der Waals surface area contributed by atoms with E-state index in [1.807, 2.05) is 54.6 Å². The Balaban J connectivity index is 1.33. The van der Waals surface area contributed by atoms with Crippen LogP contribution < -0.4 is 10.8 Å². The van der Waals surface area contributed by atoms with Gasteiger partial charge < -0.3 is 10.2 Å². The molecular formula is C24H25N3O3. The zero-order chi connectivity index (χ0) is 20.9. The fraction of sp³-hybridized carbons (Fsp3) is 0.250. The van der Waals surface area contributed by atoms with Crippen LogP contribution in [0.2, 0.25) is 0 Å². The Morgan fingerprint density at radius 3 is 2.47 bits per heavy atom. The number of rotatable bonds is 4. The molecule has 3 N–H and O–H groups in total. The van der Waals surface area contributed by atoms with Gasteiger partial charge in [-0.05, 0) is 53.7 Å². The van der Waals surface area contributed by atoms with Crippen molar-refractivity contribution >= 4 is 17.6 Å². The van der Waals surface area contributed by atoms with Gasteiger partial charge in [0.05, 0.1) is 5.92 Å². The fourth-order valence-electron chi connectivity index (χ4n) is 3.95. The van der Waals surface area contributed by atoms with Crippen molar-refractivity contribution in [3.8, 4) is 0 Å².